The molecule has 2 aliphatic heterocycles. The third-order valence-electron chi connectivity index (χ3n) is 17.3. The molecule has 0 radical (unpaired) electrons. The number of aryl methyl sites for hydroxylation is 2. The van der Waals surface area contributed by atoms with E-state index >= 15 is 0 Å². The maximum Gasteiger partial charge on any atom is 0.309 e. The fraction of sp³-hybridized carbons (Fsp3) is 0.633. The second kappa shape index (κ2) is 24.8. The van der Waals surface area contributed by atoms with E-state index in [0.29, 0.717) is 29.7 Å². The molecule has 2 heterocycles. The molecular weight excluding hydrogens is 861 g/mol. The Hall–Kier alpha value is -4.18. The first-order valence-corrected chi connectivity index (χ1v) is 26.8. The van der Waals surface area contributed by atoms with Crippen LogP contribution in [0.2, 0.25) is 0 Å². The number of aliphatic carboxylic acids is 1. The van der Waals surface area contributed by atoms with Gasteiger partial charge in [-0.1, -0.05) is 103 Å². The van der Waals surface area contributed by atoms with Crippen LogP contribution in [0.25, 0.3) is 21.5 Å². The molecule has 0 unspecified atom stereocenters. The van der Waals surface area contributed by atoms with Gasteiger partial charge in [0.2, 0.25) is 0 Å². The molecule has 3 N–H and O–H groups in total. The summed E-state index contributed by atoms with van der Waals surface area (Å²) in [6, 6.07) is 20.9. The molecule has 0 bridgehead atoms. The summed E-state index contributed by atoms with van der Waals surface area (Å²) in [5.41, 5.74) is 5.49. The number of phenols is 1. The van der Waals surface area contributed by atoms with E-state index in [1.807, 2.05) is 32.0 Å². The van der Waals surface area contributed by atoms with Crippen molar-refractivity contribution in [2.45, 2.75) is 178 Å². The predicted octanol–water partition coefficient (Wildman–Crippen LogP) is 13.4. The molecule has 2 aliphatic carbocycles. The molecule has 4 aliphatic rings. The normalized spacial score (nSPS) is 22.3. The minimum Gasteiger partial charge on any atom is -0.508 e. The Morgan fingerprint density at radius 3 is 1.52 bits per heavy atom. The number of carboxylic acids is 1. The molecule has 380 valence electrons. The van der Waals surface area contributed by atoms with Gasteiger partial charge in [-0.05, 0) is 191 Å². The average Bonchev–Trinajstić information content (AvgIpc) is 3.35. The number of fused-ring (bicyclic) bond motifs is 2. The third kappa shape index (κ3) is 14.3. The van der Waals surface area contributed by atoms with Gasteiger partial charge in [0.05, 0.1) is 30.7 Å². The summed E-state index contributed by atoms with van der Waals surface area (Å²) in [4.78, 5) is 27.9. The van der Waals surface area contributed by atoms with Crippen molar-refractivity contribution in [3.63, 3.8) is 0 Å². The maximum atomic E-state index is 11.8. The number of ether oxygens (including phenoxy) is 2. The van der Waals surface area contributed by atoms with Crippen LogP contribution in [-0.4, -0.2) is 82.1 Å². The van der Waals surface area contributed by atoms with Crippen LogP contribution in [0.15, 0.2) is 60.7 Å². The molecule has 0 amide bonds. The van der Waals surface area contributed by atoms with Crippen LogP contribution in [0.3, 0.4) is 0 Å². The average molecular weight is 949 g/mol. The number of piperidine rings is 2. The van der Waals surface area contributed by atoms with E-state index in [9.17, 15) is 24.9 Å². The molecule has 4 fully saturated rings. The number of hydrogen-bond acceptors (Lipinski definition) is 8. The molecule has 9 nitrogen and oxygen atoms in total. The lowest BCUT2D eigenvalue weighted by Gasteiger charge is -2.39. The van der Waals surface area contributed by atoms with Crippen molar-refractivity contribution in [3.8, 4) is 11.5 Å². The van der Waals surface area contributed by atoms with Crippen molar-refractivity contribution in [2.75, 3.05) is 32.8 Å². The number of likely N-dealkylation sites (tertiary alicyclic amines) is 2. The van der Waals surface area contributed by atoms with Crippen LogP contribution < -0.4 is 4.74 Å². The lowest BCUT2D eigenvalue weighted by Crippen LogP contribution is -2.36. The van der Waals surface area contributed by atoms with E-state index < -0.39 is 5.97 Å². The molecule has 0 aromatic heterocycles. The molecular formula is C60H88N2O7. The van der Waals surface area contributed by atoms with Crippen LogP contribution in [0, 0.1) is 48.3 Å². The lowest BCUT2D eigenvalue weighted by molar-refractivity contribution is -0.149. The number of aliphatic hydroxyl groups excluding tert-OH is 1. The number of carboxylic acid groups (broad SMARTS) is 1. The number of carbonyl (C=O) groups excluding carboxylic acids is 1. The first kappa shape index (κ1) is 54.2. The number of rotatable bonds is 13. The highest BCUT2D eigenvalue weighted by Gasteiger charge is 2.34. The number of aromatic hydroxyl groups is 1. The van der Waals surface area contributed by atoms with E-state index in [0.717, 1.165) is 118 Å². The van der Waals surface area contributed by atoms with Crippen LogP contribution in [0.5, 0.6) is 11.5 Å². The van der Waals surface area contributed by atoms with Crippen molar-refractivity contribution < 1.29 is 34.4 Å². The van der Waals surface area contributed by atoms with Gasteiger partial charge in [0.15, 0.2) is 0 Å². The van der Waals surface area contributed by atoms with E-state index in [1.54, 1.807) is 0 Å². The molecule has 8 rings (SSSR count). The third-order valence-corrected chi connectivity index (χ3v) is 17.3. The van der Waals surface area contributed by atoms with Gasteiger partial charge in [-0.3, -0.25) is 19.4 Å². The van der Waals surface area contributed by atoms with Gasteiger partial charge in [0.25, 0.3) is 0 Å². The van der Waals surface area contributed by atoms with Crippen LogP contribution in [0.4, 0.5) is 0 Å². The van der Waals surface area contributed by atoms with E-state index in [2.05, 4.69) is 101 Å². The molecule has 4 aromatic carbocycles. The number of hydrogen-bond donors (Lipinski definition) is 3. The largest absolute Gasteiger partial charge is 0.508 e. The van der Waals surface area contributed by atoms with Crippen LogP contribution >= 0.6 is 0 Å². The van der Waals surface area contributed by atoms with Crippen LogP contribution in [-0.2, 0) is 27.4 Å². The highest BCUT2D eigenvalue weighted by molar-refractivity contribution is 5.91. The topological polar surface area (TPSA) is 120 Å². The van der Waals surface area contributed by atoms with E-state index in [1.165, 1.54) is 65.8 Å². The number of benzene rings is 4. The summed E-state index contributed by atoms with van der Waals surface area (Å²) in [7, 11) is 0. The number of carbonyl (C=O) groups is 2. The molecule has 9 heteroatoms. The summed E-state index contributed by atoms with van der Waals surface area (Å²) in [5.74, 6) is 2.12. The molecule has 2 saturated carbocycles. The van der Waals surface area contributed by atoms with Crippen molar-refractivity contribution >= 4 is 33.5 Å². The second-order valence-electron chi connectivity index (χ2n) is 22.4. The van der Waals surface area contributed by atoms with Crippen molar-refractivity contribution in [1.29, 1.82) is 0 Å². The maximum absolute atomic E-state index is 11.8. The smallest absolute Gasteiger partial charge is 0.309 e. The van der Waals surface area contributed by atoms with Gasteiger partial charge in [-0.25, -0.2) is 0 Å². The summed E-state index contributed by atoms with van der Waals surface area (Å²) in [6.07, 6.45) is 15.1. The molecule has 4 aromatic rings. The number of aliphatic hydroxyl groups is 1. The molecule has 0 atom stereocenters. The summed E-state index contributed by atoms with van der Waals surface area (Å²) in [5, 5.41) is 34.0. The number of phenolic OH excluding ortho intramolecular Hbond substituents is 1. The first-order valence-electron chi connectivity index (χ1n) is 26.8. The van der Waals surface area contributed by atoms with Gasteiger partial charge in [-0.15, -0.1) is 0 Å². The fourth-order valence-electron chi connectivity index (χ4n) is 11.6. The molecule has 69 heavy (non-hydrogen) atoms. The Morgan fingerprint density at radius 1 is 0.609 bits per heavy atom. The lowest BCUT2D eigenvalue weighted by atomic mass is 9.69. The molecule has 2 saturated heterocycles. The van der Waals surface area contributed by atoms with Gasteiger partial charge < -0.3 is 24.8 Å². The Bertz CT molecular complexity index is 2270. The first-order chi connectivity index (χ1) is 32.9. The monoisotopic (exact) mass is 949 g/mol. The second-order valence-corrected chi connectivity index (χ2v) is 22.4. The SMILES string of the molecule is CCC(C)(C)C1CCC(O)CC1.CCC(C)(C)C1CCC(Oc2cc(C)c3ccccc3c2CN2CCC(C(=O)O)CC2)CC1.CCOC(=O)C1CCN(Cc2c(O)cc(C)c3ccccc23)CC1. The summed E-state index contributed by atoms with van der Waals surface area (Å²) in [6.45, 7) is 25.5. The van der Waals surface area contributed by atoms with Gasteiger partial charge >= 0.3 is 11.9 Å². The minimum absolute atomic E-state index is 0.00564. The highest BCUT2D eigenvalue weighted by atomic mass is 16.5. The minimum atomic E-state index is -0.652. The quantitative estimate of drug-likeness (QED) is 0.113. The predicted molar refractivity (Wildman–Crippen MR) is 282 cm³/mol. The van der Waals surface area contributed by atoms with Crippen molar-refractivity contribution in [2.24, 2.45) is 34.5 Å². The van der Waals surface area contributed by atoms with Gasteiger partial charge in [0.1, 0.15) is 11.5 Å². The van der Waals surface area contributed by atoms with Crippen molar-refractivity contribution in [3.05, 3.63) is 82.9 Å². The Labute approximate surface area is 415 Å². The summed E-state index contributed by atoms with van der Waals surface area (Å²) < 4.78 is 11.9. The Morgan fingerprint density at radius 2 is 1.04 bits per heavy atom. The standard InChI is InChI=1S/C29H41NO3.C20H25NO3.C11H22O/c1-5-29(3,4)22-10-12-23(13-11-22)33-27-18-20(2)24-8-6-7-9-25(24)26(27)19-30-16-14-21(15-17-30)28(31)32;1-3-24-20(23)15-8-10-21(11-9-15)13-18-17-7-5-4-6-16(17)14(2)12-19(18)22;1-4-11(2,3)9-5-7-10(12)8-6-9/h6-9,18,21-23H,5,10-17,19H2,1-4H3,(H,31,32);4-7,12,15,22H,3,8-11,13H2,1-2H3;9-10,12H,4-8H2,1-3H3. The van der Waals surface area contributed by atoms with Gasteiger partial charge in [-0.2, -0.15) is 0 Å². The molecule has 0 spiro atoms. The zero-order valence-corrected chi connectivity index (χ0v) is 44.0. The number of esters is 1. The van der Waals surface area contributed by atoms with E-state index in [-0.39, 0.29) is 30.0 Å². The highest BCUT2D eigenvalue weighted by Crippen LogP contribution is 2.43. The fourth-order valence-corrected chi connectivity index (χ4v) is 11.6. The zero-order chi connectivity index (χ0) is 49.9. The Balaban J connectivity index is 0.000000189. The number of nitrogens with zero attached hydrogens (tertiary/aromatic N) is 2. The Kier molecular flexibility index (Phi) is 19.4. The van der Waals surface area contributed by atoms with Crippen molar-refractivity contribution in [1.82, 2.24) is 9.80 Å². The van der Waals surface area contributed by atoms with E-state index in [4.69, 9.17) is 9.47 Å². The van der Waals surface area contributed by atoms with Crippen LogP contribution in [0.1, 0.15) is 161 Å². The zero-order valence-electron chi connectivity index (χ0n) is 44.0. The summed E-state index contributed by atoms with van der Waals surface area (Å²) >= 11 is 0. The van der Waals surface area contributed by atoms with Gasteiger partial charge in [0, 0.05) is 24.2 Å².